The van der Waals surface area contributed by atoms with Crippen molar-refractivity contribution >= 4 is 21.8 Å². The molecular formula is C13H26N4O4S. The first kappa shape index (κ1) is 18.9. The molecule has 1 saturated heterocycles. The first-order chi connectivity index (χ1) is 10.3. The fourth-order valence-electron chi connectivity index (χ4n) is 2.39. The van der Waals surface area contributed by atoms with E-state index in [4.69, 9.17) is 5.73 Å². The molecule has 0 spiro atoms. The lowest BCUT2D eigenvalue weighted by molar-refractivity contribution is -0.135. The molecule has 0 aliphatic carbocycles. The number of carbonyl (C=O) groups excluding carboxylic acids is 2. The minimum atomic E-state index is -3.38. The number of nitrogens with two attached hydrogens (primary N) is 1. The van der Waals surface area contributed by atoms with Gasteiger partial charge in [-0.1, -0.05) is 0 Å². The van der Waals surface area contributed by atoms with Gasteiger partial charge < -0.3 is 16.0 Å². The second-order valence-electron chi connectivity index (χ2n) is 5.60. The molecule has 0 saturated carbocycles. The van der Waals surface area contributed by atoms with Gasteiger partial charge in [-0.25, -0.2) is 8.42 Å². The summed E-state index contributed by atoms with van der Waals surface area (Å²) in [4.78, 5) is 25.5. The molecule has 1 unspecified atom stereocenters. The molecular weight excluding hydrogens is 308 g/mol. The van der Waals surface area contributed by atoms with Crippen LogP contribution in [-0.4, -0.2) is 75.0 Å². The number of nitrogens with zero attached hydrogens (tertiary/aromatic N) is 2. The molecule has 22 heavy (non-hydrogen) atoms. The third kappa shape index (κ3) is 5.90. The smallest absolute Gasteiger partial charge is 0.238 e. The minimum absolute atomic E-state index is 0.0871. The Morgan fingerprint density at radius 1 is 1.36 bits per heavy atom. The van der Waals surface area contributed by atoms with Crippen molar-refractivity contribution in [3.8, 4) is 0 Å². The van der Waals surface area contributed by atoms with E-state index in [-0.39, 0.29) is 37.4 Å². The average Bonchev–Trinajstić information content (AvgIpc) is 2.44. The predicted molar refractivity (Wildman–Crippen MR) is 83.5 cm³/mol. The Labute approximate surface area is 132 Å². The second kappa shape index (κ2) is 8.44. The van der Waals surface area contributed by atoms with Crippen molar-refractivity contribution in [3.05, 3.63) is 0 Å². The molecule has 1 atom stereocenters. The molecule has 128 valence electrons. The molecule has 1 fully saturated rings. The van der Waals surface area contributed by atoms with E-state index in [2.05, 4.69) is 5.32 Å². The van der Waals surface area contributed by atoms with E-state index in [0.717, 1.165) is 29.8 Å². The molecule has 9 heteroatoms. The van der Waals surface area contributed by atoms with Crippen molar-refractivity contribution < 1.29 is 18.0 Å². The number of carbonyl (C=O) groups is 2. The van der Waals surface area contributed by atoms with E-state index in [9.17, 15) is 18.0 Å². The first-order valence-corrected chi connectivity index (χ1v) is 9.28. The van der Waals surface area contributed by atoms with Crippen molar-refractivity contribution in [3.63, 3.8) is 0 Å². The quantitative estimate of drug-likeness (QED) is 0.602. The molecule has 0 radical (unpaired) electrons. The zero-order valence-corrected chi connectivity index (χ0v) is 14.1. The van der Waals surface area contributed by atoms with Gasteiger partial charge in [0, 0.05) is 39.1 Å². The van der Waals surface area contributed by atoms with E-state index in [1.165, 1.54) is 7.05 Å². The Bertz CT molecular complexity index is 494. The molecule has 1 aliphatic heterocycles. The fraction of sp³-hybridized carbons (Fsp3) is 0.846. The van der Waals surface area contributed by atoms with Crippen molar-refractivity contribution in [1.82, 2.24) is 14.5 Å². The molecule has 1 aliphatic rings. The van der Waals surface area contributed by atoms with E-state index < -0.39 is 10.0 Å². The van der Waals surface area contributed by atoms with Crippen LogP contribution in [0.3, 0.4) is 0 Å². The summed E-state index contributed by atoms with van der Waals surface area (Å²) in [5.41, 5.74) is 5.32. The number of likely N-dealkylation sites (tertiary alicyclic amines) is 1. The molecule has 0 aromatic carbocycles. The number of piperidine rings is 1. The maximum absolute atomic E-state index is 12.3. The fourth-order valence-corrected chi connectivity index (χ4v) is 2.74. The highest BCUT2D eigenvalue weighted by atomic mass is 32.2. The highest BCUT2D eigenvalue weighted by Gasteiger charge is 2.28. The number of rotatable bonds is 7. The van der Waals surface area contributed by atoms with Crippen LogP contribution in [0.2, 0.25) is 0 Å². The highest BCUT2D eigenvalue weighted by Crippen LogP contribution is 2.17. The number of amides is 2. The van der Waals surface area contributed by atoms with Gasteiger partial charge >= 0.3 is 0 Å². The maximum Gasteiger partial charge on any atom is 0.238 e. The van der Waals surface area contributed by atoms with Crippen LogP contribution < -0.4 is 11.1 Å². The van der Waals surface area contributed by atoms with Crippen LogP contribution in [0.1, 0.15) is 25.7 Å². The van der Waals surface area contributed by atoms with Gasteiger partial charge in [0.05, 0.1) is 12.8 Å². The number of likely N-dealkylation sites (N-methyl/N-ethyl adjacent to an activating group) is 1. The lowest BCUT2D eigenvalue weighted by atomic mass is 10.0. The molecule has 1 rings (SSSR count). The zero-order valence-electron chi connectivity index (χ0n) is 13.2. The molecule has 1 heterocycles. The van der Waals surface area contributed by atoms with Crippen molar-refractivity contribution in [2.75, 3.05) is 39.5 Å². The molecule has 2 amide bonds. The number of hydrogen-bond acceptors (Lipinski definition) is 5. The lowest BCUT2D eigenvalue weighted by Crippen LogP contribution is -2.52. The van der Waals surface area contributed by atoms with Gasteiger partial charge in [-0.05, 0) is 19.3 Å². The summed E-state index contributed by atoms with van der Waals surface area (Å²) in [6.07, 6.45) is 4.01. The third-order valence-electron chi connectivity index (χ3n) is 3.78. The van der Waals surface area contributed by atoms with E-state index in [1.807, 2.05) is 0 Å². The SMILES string of the molecule is CN(CC(=O)N1CCCCC1CNC(=O)CCN)S(C)(=O)=O. The van der Waals surface area contributed by atoms with Gasteiger partial charge in [-0.2, -0.15) is 4.31 Å². The van der Waals surface area contributed by atoms with Crippen molar-refractivity contribution in [2.45, 2.75) is 31.7 Å². The first-order valence-electron chi connectivity index (χ1n) is 7.43. The second-order valence-corrected chi connectivity index (χ2v) is 7.69. The molecule has 0 bridgehead atoms. The van der Waals surface area contributed by atoms with Crippen LogP contribution in [0.5, 0.6) is 0 Å². The van der Waals surface area contributed by atoms with Crippen LogP contribution in [0.4, 0.5) is 0 Å². The highest BCUT2D eigenvalue weighted by molar-refractivity contribution is 7.88. The van der Waals surface area contributed by atoms with Crippen LogP contribution in [0.15, 0.2) is 0 Å². The van der Waals surface area contributed by atoms with E-state index >= 15 is 0 Å². The summed E-state index contributed by atoms with van der Waals surface area (Å²) in [7, 11) is -2.00. The summed E-state index contributed by atoms with van der Waals surface area (Å²) in [6, 6.07) is -0.0871. The number of nitrogens with one attached hydrogen (secondary N) is 1. The Kier molecular flexibility index (Phi) is 7.24. The van der Waals surface area contributed by atoms with Gasteiger partial charge in [-0.15, -0.1) is 0 Å². The van der Waals surface area contributed by atoms with Crippen LogP contribution in [0, 0.1) is 0 Å². The van der Waals surface area contributed by atoms with Crippen LogP contribution in [-0.2, 0) is 19.6 Å². The monoisotopic (exact) mass is 334 g/mol. The topological polar surface area (TPSA) is 113 Å². The molecule has 0 aromatic heterocycles. The summed E-state index contributed by atoms with van der Waals surface area (Å²) < 4.78 is 23.8. The van der Waals surface area contributed by atoms with Crippen molar-refractivity contribution in [2.24, 2.45) is 5.73 Å². The number of hydrogen-bond donors (Lipinski definition) is 2. The summed E-state index contributed by atoms with van der Waals surface area (Å²) in [5, 5.41) is 2.78. The Hall–Kier alpha value is -1.19. The maximum atomic E-state index is 12.3. The summed E-state index contributed by atoms with van der Waals surface area (Å²) in [5.74, 6) is -0.362. The standard InChI is InChI=1S/C13H26N4O4S/c1-16(22(2,20)21)10-13(19)17-8-4-3-5-11(17)9-15-12(18)6-7-14/h11H,3-10,14H2,1-2H3,(H,15,18). The summed E-state index contributed by atoms with van der Waals surface area (Å²) >= 11 is 0. The van der Waals surface area contributed by atoms with Crippen LogP contribution in [0.25, 0.3) is 0 Å². The van der Waals surface area contributed by atoms with Gasteiger partial charge in [0.15, 0.2) is 0 Å². The molecule has 8 nitrogen and oxygen atoms in total. The minimum Gasteiger partial charge on any atom is -0.354 e. The Morgan fingerprint density at radius 3 is 2.64 bits per heavy atom. The van der Waals surface area contributed by atoms with Gasteiger partial charge in [0.25, 0.3) is 0 Å². The van der Waals surface area contributed by atoms with Crippen molar-refractivity contribution in [1.29, 1.82) is 0 Å². The van der Waals surface area contributed by atoms with Gasteiger partial charge in [-0.3, -0.25) is 9.59 Å². The van der Waals surface area contributed by atoms with Crippen LogP contribution >= 0.6 is 0 Å². The van der Waals surface area contributed by atoms with E-state index in [1.54, 1.807) is 4.90 Å². The Balaban J connectivity index is 2.60. The van der Waals surface area contributed by atoms with Gasteiger partial charge in [0.2, 0.25) is 21.8 Å². The molecule has 0 aromatic rings. The lowest BCUT2D eigenvalue weighted by Gasteiger charge is -2.36. The largest absolute Gasteiger partial charge is 0.354 e. The average molecular weight is 334 g/mol. The van der Waals surface area contributed by atoms with E-state index in [0.29, 0.717) is 13.1 Å². The number of sulfonamides is 1. The normalized spacial score (nSPS) is 19.3. The summed E-state index contributed by atoms with van der Waals surface area (Å²) in [6.45, 7) is 1.09. The molecule has 3 N–H and O–H groups in total. The zero-order chi connectivity index (χ0) is 16.8. The Morgan fingerprint density at radius 2 is 2.05 bits per heavy atom. The van der Waals surface area contributed by atoms with Gasteiger partial charge in [0.1, 0.15) is 0 Å². The third-order valence-corrected chi connectivity index (χ3v) is 5.04. The predicted octanol–water partition coefficient (Wildman–Crippen LogP) is -1.28.